The maximum Gasteiger partial charge on any atom is 0.330 e. The number of H-pyrrole nitrogens is 1. The van der Waals surface area contributed by atoms with Crippen LogP contribution < -0.4 is 11.2 Å². The molecule has 0 saturated carbocycles. The lowest BCUT2D eigenvalue weighted by Crippen LogP contribution is -2.35. The fourth-order valence-electron chi connectivity index (χ4n) is 1.89. The summed E-state index contributed by atoms with van der Waals surface area (Å²) in [5.41, 5.74) is -1.32. The van der Waals surface area contributed by atoms with Crippen LogP contribution in [0.3, 0.4) is 0 Å². The van der Waals surface area contributed by atoms with Crippen LogP contribution in [0.5, 0.6) is 0 Å². The highest BCUT2D eigenvalue weighted by Crippen LogP contribution is 2.31. The second-order valence-electron chi connectivity index (χ2n) is 3.93. The first-order valence-electron chi connectivity index (χ1n) is 5.33. The molecule has 1 aromatic rings. The molecule has 0 aromatic carbocycles. The van der Waals surface area contributed by atoms with Crippen molar-refractivity contribution in [3.63, 3.8) is 0 Å². The lowest BCUT2D eigenvalue weighted by molar-refractivity contribution is -0.0280. The maximum absolute atomic E-state index is 13.8. The monoisotopic (exact) mass is 244 g/mol. The number of aliphatic hydroxyl groups is 1. The van der Waals surface area contributed by atoms with Crippen molar-refractivity contribution < 1.29 is 14.2 Å². The van der Waals surface area contributed by atoms with E-state index in [-0.39, 0.29) is 0 Å². The van der Waals surface area contributed by atoms with E-state index in [0.717, 1.165) is 16.8 Å². The number of halogens is 1. The first-order chi connectivity index (χ1) is 8.04. The number of rotatable bonds is 2. The number of aromatic amines is 1. The Hall–Kier alpha value is -1.47. The van der Waals surface area contributed by atoms with Gasteiger partial charge in [-0.3, -0.25) is 14.3 Å². The van der Waals surface area contributed by atoms with Gasteiger partial charge < -0.3 is 9.84 Å². The Kier molecular flexibility index (Phi) is 3.12. The van der Waals surface area contributed by atoms with Crippen LogP contribution in [0.15, 0.2) is 21.9 Å². The Bertz CT molecular complexity index is 512. The van der Waals surface area contributed by atoms with Crippen molar-refractivity contribution in [2.24, 2.45) is 0 Å². The summed E-state index contributed by atoms with van der Waals surface area (Å²) >= 11 is 0. The Labute approximate surface area is 95.7 Å². The second kappa shape index (κ2) is 4.42. The van der Waals surface area contributed by atoms with E-state index >= 15 is 0 Å². The molecule has 6 nitrogen and oxygen atoms in total. The van der Waals surface area contributed by atoms with Gasteiger partial charge in [0, 0.05) is 12.3 Å². The number of aromatic nitrogens is 2. The van der Waals surface area contributed by atoms with Crippen LogP contribution in [0, 0.1) is 0 Å². The molecule has 4 atom stereocenters. The molecule has 1 saturated heterocycles. The summed E-state index contributed by atoms with van der Waals surface area (Å²) < 4.78 is 20.0. The van der Waals surface area contributed by atoms with Crippen LogP contribution in [-0.2, 0) is 4.74 Å². The third-order valence-corrected chi connectivity index (χ3v) is 2.82. The number of alkyl halides is 1. The minimum atomic E-state index is -1.69. The highest BCUT2D eigenvalue weighted by Gasteiger charge is 2.44. The Morgan fingerprint density at radius 1 is 1.59 bits per heavy atom. The van der Waals surface area contributed by atoms with Gasteiger partial charge >= 0.3 is 5.69 Å². The average Bonchev–Trinajstić information content (AvgIpc) is 2.57. The normalized spacial score (nSPS) is 32.9. The van der Waals surface area contributed by atoms with Crippen molar-refractivity contribution in [3.05, 3.63) is 33.1 Å². The van der Waals surface area contributed by atoms with Gasteiger partial charge in [-0.05, 0) is 6.42 Å². The number of nitrogens with one attached hydrogen (secondary N) is 1. The molecular formula is C10H13FN2O4. The number of aliphatic hydroxyl groups excluding tert-OH is 1. The van der Waals surface area contributed by atoms with Gasteiger partial charge in [-0.25, -0.2) is 9.18 Å². The predicted octanol–water partition coefficient (Wildman–Crippen LogP) is -0.457. The van der Waals surface area contributed by atoms with Crippen LogP contribution in [0.4, 0.5) is 4.39 Å². The van der Waals surface area contributed by atoms with Gasteiger partial charge in [0.05, 0.1) is 6.10 Å². The summed E-state index contributed by atoms with van der Waals surface area (Å²) in [5.74, 6) is 0. The molecule has 2 N–H and O–H groups in total. The van der Waals surface area contributed by atoms with Gasteiger partial charge in [0.1, 0.15) is 6.10 Å². The van der Waals surface area contributed by atoms with Gasteiger partial charge in [0.15, 0.2) is 12.4 Å². The van der Waals surface area contributed by atoms with Gasteiger partial charge in [0.2, 0.25) is 0 Å². The zero-order chi connectivity index (χ0) is 12.6. The maximum atomic E-state index is 13.8. The van der Waals surface area contributed by atoms with Gasteiger partial charge in [-0.1, -0.05) is 6.92 Å². The summed E-state index contributed by atoms with van der Waals surface area (Å²) in [7, 11) is 0. The molecule has 1 fully saturated rings. The van der Waals surface area contributed by atoms with Crippen molar-refractivity contribution in [1.82, 2.24) is 9.55 Å². The standard InChI is InChI=1S/C10H13FN2O4/c1-2-5-8(15)7(11)9(17-5)13-4-3-6(14)12-10(13)16/h3-5,7-9,15H,2H2,1H3,(H,12,14,16)/t5?,7?,8?,9-/m1/s1. The predicted molar refractivity (Wildman–Crippen MR) is 56.4 cm³/mol. The summed E-state index contributed by atoms with van der Waals surface area (Å²) in [5, 5.41) is 9.55. The summed E-state index contributed by atoms with van der Waals surface area (Å²) in [6.45, 7) is 1.75. The second-order valence-corrected chi connectivity index (χ2v) is 3.93. The SMILES string of the molecule is CCC1O[C@@H](n2ccc(=O)[nH]c2=O)C(F)C1O. The molecule has 0 aliphatic carbocycles. The van der Waals surface area contributed by atoms with Crippen LogP contribution in [0.1, 0.15) is 19.6 Å². The van der Waals surface area contributed by atoms with Gasteiger partial charge in [-0.15, -0.1) is 0 Å². The van der Waals surface area contributed by atoms with Crippen molar-refractivity contribution in [3.8, 4) is 0 Å². The van der Waals surface area contributed by atoms with Crippen LogP contribution in [0.25, 0.3) is 0 Å². The molecule has 2 heterocycles. The minimum absolute atomic E-state index is 0.441. The van der Waals surface area contributed by atoms with Crippen LogP contribution >= 0.6 is 0 Å². The van der Waals surface area contributed by atoms with E-state index in [1.54, 1.807) is 6.92 Å². The van der Waals surface area contributed by atoms with Crippen molar-refractivity contribution in [2.75, 3.05) is 0 Å². The molecule has 0 amide bonds. The van der Waals surface area contributed by atoms with E-state index in [0.29, 0.717) is 6.42 Å². The van der Waals surface area contributed by atoms with E-state index in [1.807, 2.05) is 4.98 Å². The van der Waals surface area contributed by atoms with Gasteiger partial charge in [0.25, 0.3) is 5.56 Å². The van der Waals surface area contributed by atoms with E-state index in [1.165, 1.54) is 0 Å². The molecule has 1 aliphatic rings. The molecule has 0 spiro atoms. The molecule has 1 aliphatic heterocycles. The zero-order valence-electron chi connectivity index (χ0n) is 9.17. The van der Waals surface area contributed by atoms with Crippen molar-refractivity contribution >= 4 is 0 Å². The number of hydrogen-bond acceptors (Lipinski definition) is 4. The number of ether oxygens (including phenoxy) is 1. The molecule has 1 aromatic heterocycles. The molecule has 7 heteroatoms. The van der Waals surface area contributed by atoms with Gasteiger partial charge in [-0.2, -0.15) is 0 Å². The average molecular weight is 244 g/mol. The van der Waals surface area contributed by atoms with Crippen LogP contribution in [0.2, 0.25) is 0 Å². The van der Waals surface area contributed by atoms with Crippen molar-refractivity contribution in [1.29, 1.82) is 0 Å². The quantitative estimate of drug-likeness (QED) is 0.737. The van der Waals surface area contributed by atoms with E-state index in [4.69, 9.17) is 4.74 Å². The Balaban J connectivity index is 2.35. The molecule has 2 rings (SSSR count). The number of nitrogens with zero attached hydrogens (tertiary/aromatic N) is 1. The Morgan fingerprint density at radius 3 is 2.82 bits per heavy atom. The molecular weight excluding hydrogens is 231 g/mol. The fourth-order valence-corrected chi connectivity index (χ4v) is 1.89. The Morgan fingerprint density at radius 2 is 2.29 bits per heavy atom. The topological polar surface area (TPSA) is 84.3 Å². The number of hydrogen-bond donors (Lipinski definition) is 2. The lowest BCUT2D eigenvalue weighted by atomic mass is 10.1. The smallest absolute Gasteiger partial charge is 0.330 e. The summed E-state index contributed by atoms with van der Waals surface area (Å²) in [6.07, 6.45) is -3.19. The van der Waals surface area contributed by atoms with E-state index in [9.17, 15) is 19.1 Å². The minimum Gasteiger partial charge on any atom is -0.387 e. The molecule has 0 radical (unpaired) electrons. The highest BCUT2D eigenvalue weighted by molar-refractivity contribution is 4.92. The third-order valence-electron chi connectivity index (χ3n) is 2.82. The first-order valence-corrected chi connectivity index (χ1v) is 5.33. The molecule has 17 heavy (non-hydrogen) atoms. The molecule has 0 bridgehead atoms. The summed E-state index contributed by atoms with van der Waals surface area (Å²) in [4.78, 5) is 24.3. The lowest BCUT2D eigenvalue weighted by Gasteiger charge is -2.15. The molecule has 3 unspecified atom stereocenters. The van der Waals surface area contributed by atoms with Crippen LogP contribution in [-0.4, -0.2) is 33.0 Å². The summed E-state index contributed by atoms with van der Waals surface area (Å²) in [6, 6.07) is 1.10. The van der Waals surface area contributed by atoms with E-state index in [2.05, 4.69) is 0 Å². The third kappa shape index (κ3) is 2.03. The highest BCUT2D eigenvalue weighted by atomic mass is 19.1. The first kappa shape index (κ1) is 12.0. The fraction of sp³-hybridized carbons (Fsp3) is 0.600. The van der Waals surface area contributed by atoms with Crippen molar-refractivity contribution in [2.45, 2.75) is 38.0 Å². The molecule has 94 valence electrons. The van der Waals surface area contributed by atoms with E-state index < -0.39 is 35.9 Å². The zero-order valence-corrected chi connectivity index (χ0v) is 9.17. The largest absolute Gasteiger partial charge is 0.387 e.